The number of aromatic nitrogens is 3. The molecule has 3 aromatic carbocycles. The normalized spacial score (nSPS) is 18.5. The largest absolute Gasteiger partial charge is 0.481 e. The first-order valence-electron chi connectivity index (χ1n) is 17.2. The number of aliphatic carboxylic acids is 1. The third-order valence-electron chi connectivity index (χ3n) is 10.1. The number of carboxylic acid groups (broad SMARTS) is 1. The summed E-state index contributed by atoms with van der Waals surface area (Å²) in [6.07, 6.45) is 8.94. The molecule has 3 heterocycles. The van der Waals surface area contributed by atoms with Crippen LogP contribution in [0, 0.1) is 29.3 Å². The number of rotatable bonds is 8. The first kappa shape index (κ1) is 34.9. The van der Waals surface area contributed by atoms with Gasteiger partial charge in [-0.05, 0) is 53.0 Å². The second-order valence-electron chi connectivity index (χ2n) is 13.6. The lowest BCUT2D eigenvalue weighted by atomic mass is 9.91. The molecular formula is C39H37F3N6O4. The van der Waals surface area contributed by atoms with Gasteiger partial charge < -0.3 is 25.6 Å². The summed E-state index contributed by atoms with van der Waals surface area (Å²) in [5, 5.41) is 15.7. The average molecular weight is 711 g/mol. The third-order valence-corrected chi connectivity index (χ3v) is 10.1. The van der Waals surface area contributed by atoms with Crippen molar-refractivity contribution in [3.05, 3.63) is 119 Å². The Labute approximate surface area is 297 Å². The number of carboxylic acids is 1. The molecule has 1 saturated carbocycles. The van der Waals surface area contributed by atoms with Crippen LogP contribution in [0.3, 0.4) is 0 Å². The number of amides is 1. The Morgan fingerprint density at radius 2 is 1.81 bits per heavy atom. The standard InChI is InChI=1S/C20H20F3N3O4.C19H17N3/c21-11-5-13(22)18(14(23)6-11)17-7-16(25-30-17)19(27)24-15-3-4-26(8-10-1-2-10)9-12(15)20(28)29;1-12(18-11-21-8-9-22-18)14-6-7-16-15-5-3-2-4-13(15)10-17(16)19(14)20/h5-7,10,12,15H,1-4,8-9H2,(H,24,27)(H,28,29);2-9,11-12H,10,20H2,1H3/t12-,15-;12-/m01/s1. The van der Waals surface area contributed by atoms with Gasteiger partial charge in [0.2, 0.25) is 0 Å². The summed E-state index contributed by atoms with van der Waals surface area (Å²) in [6, 6.07) is 14.3. The molecule has 4 N–H and O–H groups in total. The highest BCUT2D eigenvalue weighted by Gasteiger charge is 2.37. The summed E-state index contributed by atoms with van der Waals surface area (Å²) < 4.78 is 45.8. The summed E-state index contributed by atoms with van der Waals surface area (Å²) in [6.45, 7) is 4.00. The average Bonchev–Trinajstić information content (AvgIpc) is 3.66. The first-order valence-corrected chi connectivity index (χ1v) is 17.2. The quantitative estimate of drug-likeness (QED) is 0.152. The number of nitrogens with zero attached hydrogens (tertiary/aromatic N) is 4. The molecule has 3 aliphatic rings. The van der Waals surface area contributed by atoms with Crippen molar-refractivity contribution < 1.29 is 32.4 Å². The van der Waals surface area contributed by atoms with Gasteiger partial charge in [0, 0.05) is 80.5 Å². The van der Waals surface area contributed by atoms with Gasteiger partial charge in [0.1, 0.15) is 17.5 Å². The summed E-state index contributed by atoms with van der Waals surface area (Å²) in [7, 11) is 0. The van der Waals surface area contributed by atoms with Crippen LogP contribution in [0.15, 0.2) is 77.7 Å². The van der Waals surface area contributed by atoms with Gasteiger partial charge in [-0.25, -0.2) is 13.2 Å². The molecule has 3 atom stereocenters. The highest BCUT2D eigenvalue weighted by molar-refractivity contribution is 5.93. The van der Waals surface area contributed by atoms with Crippen LogP contribution >= 0.6 is 0 Å². The number of piperidine rings is 1. The Kier molecular flexibility index (Phi) is 9.78. The van der Waals surface area contributed by atoms with Crippen LogP contribution in [0.25, 0.3) is 22.5 Å². The fourth-order valence-corrected chi connectivity index (χ4v) is 7.12. The molecule has 268 valence electrons. The molecule has 1 aliphatic heterocycles. The van der Waals surface area contributed by atoms with Gasteiger partial charge in [0.15, 0.2) is 11.5 Å². The van der Waals surface area contributed by atoms with E-state index >= 15 is 0 Å². The monoisotopic (exact) mass is 710 g/mol. The number of benzene rings is 3. The van der Waals surface area contributed by atoms with Crippen LogP contribution in [0.2, 0.25) is 0 Å². The van der Waals surface area contributed by atoms with Crippen molar-refractivity contribution in [3.8, 4) is 22.5 Å². The molecule has 0 spiro atoms. The fourth-order valence-electron chi connectivity index (χ4n) is 7.12. The maximum atomic E-state index is 13.9. The fraction of sp³-hybridized carbons (Fsp3) is 0.308. The zero-order valence-electron chi connectivity index (χ0n) is 28.4. The summed E-state index contributed by atoms with van der Waals surface area (Å²) in [5.41, 5.74) is 13.8. The summed E-state index contributed by atoms with van der Waals surface area (Å²) in [5.74, 6) is -5.55. The van der Waals surface area contributed by atoms with Crippen LogP contribution in [-0.2, 0) is 11.2 Å². The predicted molar refractivity (Wildman–Crippen MR) is 187 cm³/mol. The molecule has 2 fully saturated rings. The Hall–Kier alpha value is -5.56. The third kappa shape index (κ3) is 7.26. The van der Waals surface area contributed by atoms with E-state index in [-0.39, 0.29) is 17.4 Å². The highest BCUT2D eigenvalue weighted by atomic mass is 19.1. The molecule has 0 unspecified atom stereocenters. The summed E-state index contributed by atoms with van der Waals surface area (Å²) >= 11 is 0. The van der Waals surface area contributed by atoms with Crippen molar-refractivity contribution in [1.82, 2.24) is 25.3 Å². The van der Waals surface area contributed by atoms with Gasteiger partial charge in [-0.3, -0.25) is 19.6 Å². The smallest absolute Gasteiger partial charge is 0.309 e. The minimum atomic E-state index is -1.19. The number of hydrogen-bond acceptors (Lipinski definition) is 8. The Balaban J connectivity index is 0.000000169. The van der Waals surface area contributed by atoms with E-state index in [1.165, 1.54) is 22.3 Å². The number of nitrogens with two attached hydrogens (primary N) is 1. The number of halogens is 3. The summed E-state index contributed by atoms with van der Waals surface area (Å²) in [4.78, 5) is 34.9. The Morgan fingerprint density at radius 1 is 1.04 bits per heavy atom. The van der Waals surface area contributed by atoms with E-state index < -0.39 is 46.9 Å². The maximum absolute atomic E-state index is 13.9. The van der Waals surface area contributed by atoms with Crippen LogP contribution in [0.5, 0.6) is 0 Å². The molecule has 5 aromatic rings. The van der Waals surface area contributed by atoms with Crippen LogP contribution in [0.4, 0.5) is 18.9 Å². The second kappa shape index (κ2) is 14.6. The second-order valence-corrected chi connectivity index (χ2v) is 13.6. The maximum Gasteiger partial charge on any atom is 0.309 e. The molecule has 52 heavy (non-hydrogen) atoms. The zero-order valence-corrected chi connectivity index (χ0v) is 28.4. The van der Waals surface area contributed by atoms with Gasteiger partial charge >= 0.3 is 5.97 Å². The van der Waals surface area contributed by atoms with Gasteiger partial charge in [-0.2, -0.15) is 0 Å². The van der Waals surface area contributed by atoms with Crippen molar-refractivity contribution in [3.63, 3.8) is 0 Å². The van der Waals surface area contributed by atoms with E-state index in [9.17, 15) is 27.9 Å². The van der Waals surface area contributed by atoms with E-state index in [0.29, 0.717) is 37.6 Å². The van der Waals surface area contributed by atoms with Crippen molar-refractivity contribution in [2.75, 3.05) is 25.4 Å². The molecule has 10 nitrogen and oxygen atoms in total. The Morgan fingerprint density at radius 3 is 2.52 bits per heavy atom. The molecule has 1 saturated heterocycles. The van der Waals surface area contributed by atoms with Gasteiger partial charge in [-0.1, -0.05) is 48.5 Å². The van der Waals surface area contributed by atoms with Crippen molar-refractivity contribution in [2.45, 2.75) is 44.6 Å². The molecule has 0 bridgehead atoms. The Bertz CT molecular complexity index is 2100. The van der Waals surface area contributed by atoms with Gasteiger partial charge in [0.25, 0.3) is 5.91 Å². The molecule has 2 aromatic heterocycles. The van der Waals surface area contributed by atoms with E-state index in [0.717, 1.165) is 48.8 Å². The minimum Gasteiger partial charge on any atom is -0.481 e. The number of fused-ring (bicyclic) bond motifs is 3. The number of likely N-dealkylation sites (tertiary alicyclic amines) is 1. The zero-order chi connectivity index (χ0) is 36.5. The molecule has 1 amide bonds. The molecule has 0 radical (unpaired) electrons. The highest BCUT2D eigenvalue weighted by Crippen LogP contribution is 2.42. The lowest BCUT2D eigenvalue weighted by molar-refractivity contribution is -0.144. The number of carbonyl (C=O) groups excluding carboxylic acids is 1. The first-order chi connectivity index (χ1) is 25.1. The number of anilines is 1. The SMILES string of the molecule is C[C@@H](c1cnccn1)c1ccc2c(c1N)Cc1ccccc1-2.O=C(N[C@H]1CCN(CC2CC2)C[C@@H]1C(=O)O)c1cc(-c2c(F)cc(F)cc2F)on1. The van der Waals surface area contributed by atoms with Crippen molar-refractivity contribution >= 4 is 17.6 Å². The van der Waals surface area contributed by atoms with Crippen LogP contribution in [0.1, 0.15) is 65.0 Å². The van der Waals surface area contributed by atoms with Crippen molar-refractivity contribution in [2.24, 2.45) is 11.8 Å². The minimum absolute atomic E-state index is 0.141. The number of hydrogen-bond donors (Lipinski definition) is 3. The van der Waals surface area contributed by atoms with E-state index in [1.54, 1.807) is 12.4 Å². The van der Waals surface area contributed by atoms with E-state index in [4.69, 9.17) is 10.3 Å². The number of nitrogens with one attached hydrogen (secondary N) is 1. The van der Waals surface area contributed by atoms with Crippen molar-refractivity contribution in [1.29, 1.82) is 0 Å². The topological polar surface area (TPSA) is 147 Å². The van der Waals surface area contributed by atoms with Gasteiger partial charge in [0.05, 0.1) is 17.2 Å². The van der Waals surface area contributed by atoms with E-state index in [1.807, 2.05) is 6.20 Å². The van der Waals surface area contributed by atoms with Crippen LogP contribution < -0.4 is 11.1 Å². The number of nitrogen functional groups attached to an aromatic ring is 1. The predicted octanol–water partition coefficient (Wildman–Crippen LogP) is 6.46. The van der Waals surface area contributed by atoms with Crippen LogP contribution in [-0.4, -0.2) is 62.7 Å². The lowest BCUT2D eigenvalue weighted by Crippen LogP contribution is -2.53. The lowest BCUT2D eigenvalue weighted by Gasteiger charge is -2.36. The molecule has 8 rings (SSSR count). The molecule has 13 heteroatoms. The van der Waals surface area contributed by atoms with E-state index in [2.05, 4.69) is 68.7 Å². The molecular weight excluding hydrogens is 673 g/mol. The molecule has 2 aliphatic carbocycles. The van der Waals surface area contributed by atoms with Gasteiger partial charge in [-0.15, -0.1) is 0 Å². The number of carbonyl (C=O) groups is 2.